The summed E-state index contributed by atoms with van der Waals surface area (Å²) in [4.78, 5) is 18.7. The van der Waals surface area contributed by atoms with Crippen molar-refractivity contribution in [2.24, 2.45) is 0 Å². The number of aromatic nitrogens is 6. The highest BCUT2D eigenvalue weighted by Crippen LogP contribution is 2.41. The van der Waals surface area contributed by atoms with Crippen molar-refractivity contribution in [2.45, 2.75) is 52.4 Å². The zero-order valence-corrected chi connectivity index (χ0v) is 41.9. The van der Waals surface area contributed by atoms with Crippen LogP contribution in [0.2, 0.25) is 0 Å². The van der Waals surface area contributed by atoms with Crippen LogP contribution >= 0.6 is 0 Å². The molecular weight excluding hydrogens is 917 g/mol. The molecule has 0 aliphatic carbocycles. The van der Waals surface area contributed by atoms with E-state index in [-0.39, 0.29) is 10.8 Å². The van der Waals surface area contributed by atoms with Crippen LogP contribution in [0.4, 0.5) is 0 Å². The molecule has 5 heterocycles. The van der Waals surface area contributed by atoms with E-state index in [1.165, 1.54) is 32.9 Å². The molecule has 0 atom stereocenters. The minimum absolute atomic E-state index is 0.0231. The Morgan fingerprint density at radius 2 is 0.797 bits per heavy atom. The van der Waals surface area contributed by atoms with Gasteiger partial charge in [-0.25, -0.2) is 19.9 Å². The van der Waals surface area contributed by atoms with Gasteiger partial charge in [0.05, 0.1) is 22.1 Å². The topological polar surface area (TPSA) is 98.3 Å². The molecule has 5 aromatic heterocycles. The second kappa shape index (κ2) is 18.4. The molecule has 0 fully saturated rings. The number of pyridine rings is 2. The first-order chi connectivity index (χ1) is 35.9. The van der Waals surface area contributed by atoms with Gasteiger partial charge in [-0.15, -0.1) is 0 Å². The Labute approximate surface area is 429 Å². The predicted octanol–water partition coefficient (Wildman–Crippen LogP) is 16.9. The molecule has 362 valence electrons. The molecule has 0 saturated carbocycles. The molecular formula is C64H52N6O4. The summed E-state index contributed by atoms with van der Waals surface area (Å²) in [5.74, 6) is 5.18. The molecule has 0 unspecified atom stereocenters. The molecule has 0 spiro atoms. The molecule has 0 radical (unpaired) electrons. The van der Waals surface area contributed by atoms with Crippen molar-refractivity contribution < 1.29 is 18.9 Å². The van der Waals surface area contributed by atoms with E-state index >= 15 is 0 Å². The summed E-state index contributed by atoms with van der Waals surface area (Å²) in [7, 11) is 0. The number of rotatable bonds is 11. The number of hydrogen-bond acceptors (Lipinski definition) is 8. The van der Waals surface area contributed by atoms with Gasteiger partial charge >= 0.3 is 0 Å². The van der Waals surface area contributed by atoms with E-state index in [2.05, 4.69) is 133 Å². The first-order valence-corrected chi connectivity index (χ1v) is 24.7. The smallest absolute Gasteiger partial charge is 0.234 e. The normalized spacial score (nSPS) is 11.9. The summed E-state index contributed by atoms with van der Waals surface area (Å²) in [6.07, 6.45) is 7.17. The maximum atomic E-state index is 6.51. The lowest BCUT2D eigenvalue weighted by molar-refractivity contribution is 0.448. The van der Waals surface area contributed by atoms with Crippen molar-refractivity contribution in [1.82, 2.24) is 29.1 Å². The quantitative estimate of drug-likeness (QED) is 0.126. The first-order valence-electron chi connectivity index (χ1n) is 24.7. The first kappa shape index (κ1) is 45.8. The Hall–Kier alpha value is -9.28. The molecule has 12 aromatic rings. The zero-order valence-electron chi connectivity index (χ0n) is 41.9. The fourth-order valence-electron chi connectivity index (χ4n) is 9.47. The van der Waals surface area contributed by atoms with E-state index in [1.54, 1.807) is 12.4 Å². The van der Waals surface area contributed by atoms with Gasteiger partial charge in [0.25, 0.3) is 0 Å². The van der Waals surface area contributed by atoms with E-state index in [4.69, 9.17) is 28.9 Å². The number of ether oxygens (including phenoxy) is 4. The van der Waals surface area contributed by atoms with E-state index < -0.39 is 0 Å². The molecule has 7 aromatic carbocycles. The number of fused-ring (bicyclic) bond motifs is 6. The number of hydrogen-bond donors (Lipinski definition) is 0. The Morgan fingerprint density at radius 3 is 1.24 bits per heavy atom. The molecule has 10 heteroatoms. The Morgan fingerprint density at radius 1 is 0.338 bits per heavy atom. The maximum absolute atomic E-state index is 6.51. The lowest BCUT2D eigenvalue weighted by Gasteiger charge is -2.19. The van der Waals surface area contributed by atoms with Crippen LogP contribution in [0.1, 0.15) is 52.7 Å². The molecule has 0 aliphatic heterocycles. The van der Waals surface area contributed by atoms with Crippen molar-refractivity contribution in [3.8, 4) is 69.0 Å². The van der Waals surface area contributed by atoms with Crippen LogP contribution in [0, 0.1) is 0 Å². The van der Waals surface area contributed by atoms with Crippen molar-refractivity contribution >= 4 is 43.6 Å². The fraction of sp³-hybridized carbons (Fsp3) is 0.125. The highest BCUT2D eigenvalue weighted by atomic mass is 16.5. The molecule has 0 aliphatic rings. The van der Waals surface area contributed by atoms with Gasteiger partial charge < -0.3 is 23.5 Å². The van der Waals surface area contributed by atoms with Crippen LogP contribution in [0.5, 0.6) is 46.3 Å². The predicted molar refractivity (Wildman–Crippen MR) is 295 cm³/mol. The van der Waals surface area contributed by atoms with Gasteiger partial charge in [0.15, 0.2) is 0 Å². The minimum Gasteiger partial charge on any atom is -0.457 e. The minimum atomic E-state index is 0.0231. The average Bonchev–Trinajstić information content (AvgIpc) is 3.91. The van der Waals surface area contributed by atoms with Crippen molar-refractivity contribution in [3.05, 3.63) is 218 Å². The van der Waals surface area contributed by atoms with Crippen LogP contribution < -0.4 is 18.9 Å². The van der Waals surface area contributed by atoms with Crippen molar-refractivity contribution in [1.29, 1.82) is 0 Å². The van der Waals surface area contributed by atoms with Gasteiger partial charge in [-0.3, -0.25) is 4.57 Å². The van der Waals surface area contributed by atoms with E-state index in [0.29, 0.717) is 52.2 Å². The summed E-state index contributed by atoms with van der Waals surface area (Å²) in [6, 6.07) is 60.7. The summed E-state index contributed by atoms with van der Waals surface area (Å²) >= 11 is 0. The Balaban J connectivity index is 0.900. The summed E-state index contributed by atoms with van der Waals surface area (Å²) < 4.78 is 29.5. The maximum Gasteiger partial charge on any atom is 0.234 e. The molecule has 0 bridgehead atoms. The Bertz CT molecular complexity index is 3810. The lowest BCUT2D eigenvalue weighted by atomic mass is 9.85. The molecule has 0 saturated heterocycles. The number of nitrogens with zero attached hydrogens (tertiary/aromatic N) is 6. The summed E-state index contributed by atoms with van der Waals surface area (Å²) in [5, 5.41) is 4.51. The summed E-state index contributed by atoms with van der Waals surface area (Å²) in [6.45, 7) is 13.6. The van der Waals surface area contributed by atoms with Crippen LogP contribution in [-0.4, -0.2) is 29.1 Å². The standard InChI is InChI=1S/C64H52N6O4/c1-63(2,3)43-21-29-56-54(33-43)55-34-44(64(4,5)6)22-30-57(55)69(56)45-23-19-41(20-24-45)42-39-67-62(68-40-42)70-58-37-50(71-46-13-11-15-48(35-46)73-60-17-7-9-31-65-60)25-27-52(58)53-28-26-51(38-59(53)70)72-47-14-12-16-49(36-47)74-61-18-8-10-32-66-61/h7-40H,1-6H3. The van der Waals surface area contributed by atoms with Crippen molar-refractivity contribution in [3.63, 3.8) is 0 Å². The fourth-order valence-corrected chi connectivity index (χ4v) is 9.47. The van der Waals surface area contributed by atoms with E-state index in [0.717, 1.165) is 38.6 Å². The SMILES string of the molecule is CC(C)(C)c1ccc2c(c1)c1cc(C(C)(C)C)ccc1n2-c1ccc(-c2cnc(-n3c4cc(Oc5cccc(Oc6ccccn6)c5)ccc4c4ccc(Oc5cccc(Oc6ccccn6)c5)cc43)nc2)cc1. The number of benzene rings is 7. The average molecular weight is 969 g/mol. The van der Waals surface area contributed by atoms with Gasteiger partial charge in [-0.05, 0) is 125 Å². The summed E-state index contributed by atoms with van der Waals surface area (Å²) in [5.41, 5.74) is 9.72. The third-order valence-corrected chi connectivity index (χ3v) is 13.3. The molecule has 74 heavy (non-hydrogen) atoms. The van der Waals surface area contributed by atoms with Gasteiger partial charge in [0.2, 0.25) is 17.7 Å². The second-order valence-corrected chi connectivity index (χ2v) is 20.5. The van der Waals surface area contributed by atoms with Gasteiger partial charge in [-0.2, -0.15) is 0 Å². The molecule has 12 rings (SSSR count). The van der Waals surface area contributed by atoms with E-state index in [9.17, 15) is 0 Å². The molecule has 0 N–H and O–H groups in total. The van der Waals surface area contributed by atoms with Crippen LogP contribution in [0.25, 0.3) is 66.4 Å². The van der Waals surface area contributed by atoms with Gasteiger partial charge in [0, 0.05) is 94.0 Å². The highest BCUT2D eigenvalue weighted by molar-refractivity contribution is 6.11. The van der Waals surface area contributed by atoms with Gasteiger partial charge in [-0.1, -0.05) is 90.1 Å². The third-order valence-electron chi connectivity index (χ3n) is 13.3. The van der Waals surface area contributed by atoms with Gasteiger partial charge in [0.1, 0.15) is 34.5 Å². The molecule has 0 amide bonds. The Kier molecular flexibility index (Phi) is 11.4. The van der Waals surface area contributed by atoms with E-state index in [1.807, 2.05) is 122 Å². The largest absolute Gasteiger partial charge is 0.457 e. The molecule has 10 nitrogen and oxygen atoms in total. The van der Waals surface area contributed by atoms with Crippen LogP contribution in [0.15, 0.2) is 207 Å². The lowest BCUT2D eigenvalue weighted by Crippen LogP contribution is -2.10. The second-order valence-electron chi connectivity index (χ2n) is 20.5. The third kappa shape index (κ3) is 9.02. The van der Waals surface area contributed by atoms with Crippen molar-refractivity contribution in [2.75, 3.05) is 0 Å². The highest BCUT2D eigenvalue weighted by Gasteiger charge is 2.22. The van der Waals surface area contributed by atoms with Crippen LogP contribution in [-0.2, 0) is 10.8 Å². The monoisotopic (exact) mass is 968 g/mol. The zero-order chi connectivity index (χ0) is 50.6. The van der Waals surface area contributed by atoms with Crippen LogP contribution in [0.3, 0.4) is 0 Å².